The van der Waals surface area contributed by atoms with E-state index in [0.717, 1.165) is 35.7 Å². The first-order valence-electron chi connectivity index (χ1n) is 10.1. The van der Waals surface area contributed by atoms with E-state index in [-0.39, 0.29) is 12.1 Å². The number of amides is 2. The first-order valence-corrected chi connectivity index (χ1v) is 10.5. The largest absolute Gasteiger partial charge is 0.359 e. The van der Waals surface area contributed by atoms with Gasteiger partial charge in [0.1, 0.15) is 17.2 Å². The molecule has 2 amide bonds. The van der Waals surface area contributed by atoms with Gasteiger partial charge >= 0.3 is 6.03 Å². The Kier molecular flexibility index (Phi) is 5.76. The van der Waals surface area contributed by atoms with Crippen LogP contribution < -0.4 is 5.32 Å². The van der Waals surface area contributed by atoms with Crippen molar-refractivity contribution in [2.24, 2.45) is 0 Å². The molecule has 30 heavy (non-hydrogen) atoms. The highest BCUT2D eigenvalue weighted by Crippen LogP contribution is 2.33. The van der Waals surface area contributed by atoms with Crippen LogP contribution in [0.15, 0.2) is 28.8 Å². The summed E-state index contributed by atoms with van der Waals surface area (Å²) in [6.07, 6.45) is 2.44. The summed E-state index contributed by atoms with van der Waals surface area (Å²) < 4.78 is 7.31. The lowest BCUT2D eigenvalue weighted by Gasteiger charge is -2.25. The predicted molar refractivity (Wildman–Crippen MR) is 114 cm³/mol. The van der Waals surface area contributed by atoms with Crippen LogP contribution in [-0.2, 0) is 13.0 Å². The number of nitrogens with zero attached hydrogens (tertiary/aromatic N) is 5. The number of aryl methyl sites for hydroxylation is 3. The number of carbonyl (C=O) groups is 1. The molecule has 1 saturated heterocycles. The molecule has 1 atom stereocenters. The van der Waals surface area contributed by atoms with Crippen molar-refractivity contribution in [1.82, 2.24) is 24.8 Å². The summed E-state index contributed by atoms with van der Waals surface area (Å²) in [7, 11) is 0. The number of urea groups is 1. The third kappa shape index (κ3) is 3.92. The number of aromatic nitrogens is 4. The first kappa shape index (κ1) is 20.4. The van der Waals surface area contributed by atoms with Crippen LogP contribution in [0.25, 0.3) is 0 Å². The lowest BCUT2D eigenvalue weighted by Crippen LogP contribution is -2.36. The Labute approximate surface area is 180 Å². The van der Waals surface area contributed by atoms with Crippen molar-refractivity contribution in [3.05, 3.63) is 58.0 Å². The van der Waals surface area contributed by atoms with Crippen molar-refractivity contribution in [2.45, 2.75) is 52.6 Å². The number of hydrogen-bond acceptors (Lipinski definition) is 5. The predicted octanol–water partition coefficient (Wildman–Crippen LogP) is 4.52. The van der Waals surface area contributed by atoms with Crippen LogP contribution in [0.4, 0.5) is 10.5 Å². The average Bonchev–Trinajstić information content (AvgIpc) is 3.44. The van der Waals surface area contributed by atoms with Gasteiger partial charge in [0, 0.05) is 11.6 Å². The Morgan fingerprint density at radius 1 is 1.27 bits per heavy atom. The van der Waals surface area contributed by atoms with Gasteiger partial charge < -0.3 is 19.3 Å². The second-order valence-electron chi connectivity index (χ2n) is 7.51. The Hall–Kier alpha value is -2.87. The molecule has 3 aromatic rings. The van der Waals surface area contributed by atoms with Crippen LogP contribution in [-0.4, -0.2) is 37.4 Å². The normalized spacial score (nSPS) is 16.3. The molecule has 4 rings (SSSR count). The van der Waals surface area contributed by atoms with Gasteiger partial charge in [-0.1, -0.05) is 35.8 Å². The number of nitrogens with one attached hydrogen (secondary N) is 1. The van der Waals surface area contributed by atoms with E-state index in [1.807, 2.05) is 43.0 Å². The zero-order valence-corrected chi connectivity index (χ0v) is 18.1. The fraction of sp³-hybridized carbons (Fsp3) is 0.429. The van der Waals surface area contributed by atoms with Crippen LogP contribution in [0, 0.1) is 13.8 Å². The average molecular weight is 429 g/mol. The maximum atomic E-state index is 13.1. The molecular formula is C21H25ClN6O2. The van der Waals surface area contributed by atoms with Crippen LogP contribution in [0.5, 0.6) is 0 Å². The summed E-state index contributed by atoms with van der Waals surface area (Å²) in [6, 6.07) is 7.43. The molecule has 1 aliphatic heterocycles. The number of rotatable bonds is 5. The third-order valence-corrected chi connectivity index (χ3v) is 5.78. The van der Waals surface area contributed by atoms with E-state index >= 15 is 0 Å². The first-order chi connectivity index (χ1) is 14.5. The summed E-state index contributed by atoms with van der Waals surface area (Å²) in [5, 5.41) is 16.4. The summed E-state index contributed by atoms with van der Waals surface area (Å²) in [6.45, 7) is 7.00. The van der Waals surface area contributed by atoms with E-state index in [0.29, 0.717) is 36.0 Å². The van der Waals surface area contributed by atoms with Gasteiger partial charge in [0.25, 0.3) is 0 Å². The molecule has 2 aromatic heterocycles. The monoisotopic (exact) mass is 428 g/mol. The third-order valence-electron chi connectivity index (χ3n) is 5.53. The summed E-state index contributed by atoms with van der Waals surface area (Å²) in [4.78, 5) is 14.9. The molecule has 0 bridgehead atoms. The van der Waals surface area contributed by atoms with Gasteiger partial charge in [-0.25, -0.2) is 4.79 Å². The highest BCUT2D eigenvalue weighted by molar-refractivity contribution is 6.30. The van der Waals surface area contributed by atoms with Gasteiger partial charge in [-0.3, -0.25) is 0 Å². The van der Waals surface area contributed by atoms with Crippen molar-refractivity contribution in [1.29, 1.82) is 0 Å². The smallest absolute Gasteiger partial charge is 0.322 e. The van der Waals surface area contributed by atoms with Crippen molar-refractivity contribution >= 4 is 23.3 Å². The van der Waals surface area contributed by atoms with Crippen molar-refractivity contribution in [3.63, 3.8) is 0 Å². The molecule has 0 radical (unpaired) electrons. The van der Waals surface area contributed by atoms with Crippen molar-refractivity contribution in [3.8, 4) is 0 Å². The number of likely N-dealkylation sites (tertiary alicyclic amines) is 1. The molecular weight excluding hydrogens is 404 g/mol. The van der Waals surface area contributed by atoms with Crippen LogP contribution in [0.1, 0.15) is 54.5 Å². The molecule has 0 aliphatic carbocycles. The Balaban J connectivity index is 1.57. The zero-order valence-electron chi connectivity index (χ0n) is 17.4. The van der Waals surface area contributed by atoms with Gasteiger partial charge in [0.05, 0.1) is 12.6 Å². The summed E-state index contributed by atoms with van der Waals surface area (Å²) >= 11 is 6.01. The van der Waals surface area contributed by atoms with Crippen molar-refractivity contribution < 1.29 is 9.32 Å². The number of anilines is 1. The topological polar surface area (TPSA) is 89.1 Å². The Morgan fingerprint density at radius 2 is 2.03 bits per heavy atom. The zero-order chi connectivity index (χ0) is 21.3. The second-order valence-corrected chi connectivity index (χ2v) is 7.95. The van der Waals surface area contributed by atoms with E-state index in [1.54, 1.807) is 6.92 Å². The van der Waals surface area contributed by atoms with Crippen LogP contribution in [0.2, 0.25) is 5.02 Å². The van der Waals surface area contributed by atoms with E-state index in [4.69, 9.17) is 16.1 Å². The molecule has 158 valence electrons. The molecule has 0 spiro atoms. The molecule has 1 fully saturated rings. The van der Waals surface area contributed by atoms with Gasteiger partial charge in [-0.15, -0.1) is 10.2 Å². The SMILES string of the molecule is CCc1noc(C)c1NC(=O)N1CCC[C@@H]1c1nnc(C)n1Cc1ccc(Cl)cc1. The van der Waals surface area contributed by atoms with Crippen LogP contribution >= 0.6 is 11.6 Å². The quantitative estimate of drug-likeness (QED) is 0.645. The molecule has 9 heteroatoms. The van der Waals surface area contributed by atoms with E-state index in [2.05, 4.69) is 25.2 Å². The van der Waals surface area contributed by atoms with Gasteiger partial charge in [0.2, 0.25) is 0 Å². The molecule has 0 saturated carbocycles. The second kappa shape index (κ2) is 8.47. The maximum Gasteiger partial charge on any atom is 0.322 e. The van der Waals surface area contributed by atoms with Gasteiger partial charge in [-0.05, 0) is 50.8 Å². The number of benzene rings is 1. The molecule has 1 aromatic carbocycles. The molecule has 1 aliphatic rings. The minimum Gasteiger partial charge on any atom is -0.359 e. The number of carbonyl (C=O) groups excluding carboxylic acids is 1. The lowest BCUT2D eigenvalue weighted by molar-refractivity contribution is 0.203. The van der Waals surface area contributed by atoms with E-state index in [1.165, 1.54) is 0 Å². The maximum absolute atomic E-state index is 13.1. The highest BCUT2D eigenvalue weighted by atomic mass is 35.5. The standard InChI is InChI=1S/C21H25ClN6O2/c1-4-17-19(13(2)30-26-17)23-21(29)27-11-5-6-18(27)20-25-24-14(3)28(20)12-15-7-9-16(22)10-8-15/h7-10,18H,4-6,11-12H2,1-3H3,(H,23,29)/t18-/m1/s1. The molecule has 1 N–H and O–H groups in total. The molecule has 8 nitrogen and oxygen atoms in total. The fourth-order valence-corrected chi connectivity index (χ4v) is 4.01. The minimum absolute atomic E-state index is 0.135. The van der Waals surface area contributed by atoms with Crippen molar-refractivity contribution in [2.75, 3.05) is 11.9 Å². The Morgan fingerprint density at radius 3 is 2.77 bits per heavy atom. The number of halogens is 1. The summed E-state index contributed by atoms with van der Waals surface area (Å²) in [5.41, 5.74) is 2.51. The highest BCUT2D eigenvalue weighted by Gasteiger charge is 2.34. The number of hydrogen-bond donors (Lipinski definition) is 1. The van der Waals surface area contributed by atoms with E-state index in [9.17, 15) is 4.79 Å². The van der Waals surface area contributed by atoms with E-state index < -0.39 is 0 Å². The summed E-state index contributed by atoms with van der Waals surface area (Å²) in [5.74, 6) is 2.22. The van der Waals surface area contributed by atoms with Crippen LogP contribution in [0.3, 0.4) is 0 Å². The lowest BCUT2D eigenvalue weighted by atomic mass is 10.2. The molecule has 0 unspecified atom stereocenters. The van der Waals surface area contributed by atoms with Gasteiger partial charge in [-0.2, -0.15) is 0 Å². The molecule has 3 heterocycles. The fourth-order valence-electron chi connectivity index (χ4n) is 3.89. The minimum atomic E-state index is -0.169. The Bertz CT molecular complexity index is 1040. The van der Waals surface area contributed by atoms with Gasteiger partial charge in [0.15, 0.2) is 11.6 Å².